The maximum Gasteiger partial charge on any atom is 0.252 e. The predicted octanol–water partition coefficient (Wildman–Crippen LogP) is 5.14. The van der Waals surface area contributed by atoms with Crippen LogP contribution in [0.15, 0.2) is 65.7 Å². The van der Waals surface area contributed by atoms with Crippen molar-refractivity contribution >= 4 is 40.5 Å². The van der Waals surface area contributed by atoms with Crippen LogP contribution in [0.1, 0.15) is 23.6 Å². The molecule has 3 aromatic carbocycles. The molecule has 0 fully saturated rings. The van der Waals surface area contributed by atoms with Crippen LogP contribution in [0.2, 0.25) is 5.02 Å². The second-order valence-electron chi connectivity index (χ2n) is 7.73. The van der Waals surface area contributed by atoms with E-state index < -0.39 is 29.5 Å². The Labute approximate surface area is 194 Å². The molecule has 5 nitrogen and oxygen atoms in total. The SMILES string of the molecule is Cc1ccc(NC(=O)CN2C(=O)[C@@H](C)N=C(c3ccccc3F)c3cc(Cl)ccc32)cc1F. The quantitative estimate of drug-likeness (QED) is 0.577. The Balaban J connectivity index is 1.72. The van der Waals surface area contributed by atoms with Crippen LogP contribution in [-0.2, 0) is 9.59 Å². The molecule has 0 spiro atoms. The number of amides is 2. The first-order valence-electron chi connectivity index (χ1n) is 10.2. The average molecular weight is 468 g/mol. The molecule has 1 aliphatic rings. The van der Waals surface area contributed by atoms with Gasteiger partial charge in [0.05, 0.1) is 11.4 Å². The normalized spacial score (nSPS) is 15.5. The molecule has 168 valence electrons. The zero-order valence-electron chi connectivity index (χ0n) is 17.9. The summed E-state index contributed by atoms with van der Waals surface area (Å²) in [5.74, 6) is -1.89. The Morgan fingerprint density at radius 2 is 1.82 bits per heavy atom. The number of hydrogen-bond acceptors (Lipinski definition) is 3. The molecule has 0 unspecified atom stereocenters. The van der Waals surface area contributed by atoms with Gasteiger partial charge >= 0.3 is 0 Å². The van der Waals surface area contributed by atoms with E-state index in [0.29, 0.717) is 21.8 Å². The number of anilines is 2. The summed E-state index contributed by atoms with van der Waals surface area (Å²) < 4.78 is 28.5. The first-order chi connectivity index (χ1) is 15.7. The molecule has 1 aliphatic heterocycles. The topological polar surface area (TPSA) is 61.8 Å². The van der Waals surface area contributed by atoms with Gasteiger partial charge in [-0.2, -0.15) is 0 Å². The number of rotatable bonds is 4. The predicted molar refractivity (Wildman–Crippen MR) is 125 cm³/mol. The van der Waals surface area contributed by atoms with Crippen molar-refractivity contribution in [1.29, 1.82) is 0 Å². The van der Waals surface area contributed by atoms with E-state index in [1.54, 1.807) is 62.4 Å². The highest BCUT2D eigenvalue weighted by Crippen LogP contribution is 2.31. The third-order valence-electron chi connectivity index (χ3n) is 5.34. The lowest BCUT2D eigenvalue weighted by Gasteiger charge is -2.24. The molecule has 1 N–H and O–H groups in total. The fraction of sp³-hybridized carbons (Fsp3) is 0.160. The minimum Gasteiger partial charge on any atom is -0.324 e. The van der Waals surface area contributed by atoms with E-state index in [-0.39, 0.29) is 23.5 Å². The lowest BCUT2D eigenvalue weighted by atomic mass is 9.99. The molecule has 33 heavy (non-hydrogen) atoms. The van der Waals surface area contributed by atoms with Gasteiger partial charge < -0.3 is 10.2 Å². The van der Waals surface area contributed by atoms with Crippen LogP contribution >= 0.6 is 11.6 Å². The van der Waals surface area contributed by atoms with E-state index in [9.17, 15) is 18.4 Å². The number of carbonyl (C=O) groups excluding carboxylic acids is 2. The zero-order chi connectivity index (χ0) is 23.7. The molecule has 0 radical (unpaired) electrons. The highest BCUT2D eigenvalue weighted by molar-refractivity contribution is 6.32. The van der Waals surface area contributed by atoms with Crippen molar-refractivity contribution in [1.82, 2.24) is 0 Å². The highest BCUT2D eigenvalue weighted by atomic mass is 35.5. The molecule has 2 amide bonds. The minimum atomic E-state index is -0.879. The molecule has 0 aliphatic carbocycles. The van der Waals surface area contributed by atoms with E-state index in [4.69, 9.17) is 11.6 Å². The average Bonchev–Trinajstić information content (AvgIpc) is 2.87. The summed E-state index contributed by atoms with van der Waals surface area (Å²) in [6.45, 7) is 2.86. The number of aliphatic imine (C=N–C) groups is 1. The van der Waals surface area contributed by atoms with Crippen LogP contribution < -0.4 is 10.2 Å². The molecular weight excluding hydrogens is 448 g/mol. The Morgan fingerprint density at radius 1 is 1.06 bits per heavy atom. The summed E-state index contributed by atoms with van der Waals surface area (Å²) in [6.07, 6.45) is 0. The first-order valence-corrected chi connectivity index (χ1v) is 10.6. The van der Waals surface area contributed by atoms with E-state index in [2.05, 4.69) is 10.3 Å². The second-order valence-corrected chi connectivity index (χ2v) is 8.17. The van der Waals surface area contributed by atoms with Crippen molar-refractivity contribution in [3.05, 3.63) is 94.0 Å². The molecule has 1 atom stereocenters. The maximum atomic E-state index is 14.6. The number of halogens is 3. The lowest BCUT2D eigenvalue weighted by molar-refractivity contribution is -0.122. The summed E-state index contributed by atoms with van der Waals surface area (Å²) in [7, 11) is 0. The highest BCUT2D eigenvalue weighted by Gasteiger charge is 2.31. The number of hydrogen-bond donors (Lipinski definition) is 1. The van der Waals surface area contributed by atoms with Crippen molar-refractivity contribution < 1.29 is 18.4 Å². The van der Waals surface area contributed by atoms with Gasteiger partial charge in [-0.25, -0.2) is 8.78 Å². The number of nitrogens with zero attached hydrogens (tertiary/aromatic N) is 2. The van der Waals surface area contributed by atoms with E-state index in [1.165, 1.54) is 17.0 Å². The van der Waals surface area contributed by atoms with Crippen molar-refractivity contribution in [2.45, 2.75) is 19.9 Å². The van der Waals surface area contributed by atoms with Crippen LogP contribution in [0, 0.1) is 18.6 Å². The molecule has 8 heteroatoms. The molecule has 0 saturated heterocycles. The van der Waals surface area contributed by atoms with Crippen molar-refractivity contribution in [2.75, 3.05) is 16.8 Å². The van der Waals surface area contributed by atoms with Crippen LogP contribution in [-0.4, -0.2) is 30.1 Å². The third-order valence-corrected chi connectivity index (χ3v) is 5.57. The zero-order valence-corrected chi connectivity index (χ0v) is 18.7. The summed E-state index contributed by atoms with van der Waals surface area (Å²) in [6, 6.07) is 14.4. The standard InChI is InChI=1S/C25H20ClF2N3O2/c1-14-7-9-17(12-21(14)28)30-23(32)13-31-22-10-8-16(26)11-19(22)24(29-15(2)25(31)33)18-5-3-4-6-20(18)27/h3-12,15H,13H2,1-2H3,(H,30,32)/t15-/m1/s1. The Bertz CT molecular complexity index is 1290. The molecule has 0 bridgehead atoms. The van der Waals surface area contributed by atoms with Crippen molar-refractivity contribution in [3.8, 4) is 0 Å². The molecular formula is C25H20ClF2N3O2. The number of aryl methyl sites for hydroxylation is 1. The first kappa shape index (κ1) is 22.6. The third kappa shape index (κ3) is 4.64. The minimum absolute atomic E-state index is 0.224. The summed E-state index contributed by atoms with van der Waals surface area (Å²) in [4.78, 5) is 31.7. The lowest BCUT2D eigenvalue weighted by Crippen LogP contribution is -2.42. The van der Waals surface area contributed by atoms with Crippen molar-refractivity contribution in [3.63, 3.8) is 0 Å². The summed E-state index contributed by atoms with van der Waals surface area (Å²) >= 11 is 6.22. The molecule has 4 rings (SSSR count). The van der Waals surface area contributed by atoms with Crippen LogP contribution in [0.5, 0.6) is 0 Å². The van der Waals surface area contributed by atoms with E-state index in [0.717, 1.165) is 0 Å². The fourth-order valence-corrected chi connectivity index (χ4v) is 3.81. The number of fused-ring (bicyclic) bond motifs is 1. The van der Waals surface area contributed by atoms with Gasteiger partial charge in [-0.1, -0.05) is 29.8 Å². The Kier molecular flexibility index (Phi) is 6.24. The van der Waals surface area contributed by atoms with Gasteiger partial charge in [0.1, 0.15) is 24.2 Å². The number of benzene rings is 3. The fourth-order valence-electron chi connectivity index (χ4n) is 3.64. The number of carbonyl (C=O) groups is 2. The Hall–Kier alpha value is -3.58. The second kappa shape index (κ2) is 9.11. The summed E-state index contributed by atoms with van der Waals surface area (Å²) in [5.41, 5.74) is 2.03. The van der Waals surface area contributed by atoms with Crippen LogP contribution in [0.4, 0.5) is 20.2 Å². The smallest absolute Gasteiger partial charge is 0.252 e. The van der Waals surface area contributed by atoms with E-state index >= 15 is 0 Å². The van der Waals surface area contributed by atoms with Gasteiger partial charge in [0.15, 0.2) is 0 Å². The molecule has 0 saturated carbocycles. The molecule has 3 aromatic rings. The van der Waals surface area contributed by atoms with Crippen molar-refractivity contribution in [2.24, 2.45) is 4.99 Å². The van der Waals surface area contributed by atoms with Gasteiger partial charge in [0, 0.05) is 21.8 Å². The van der Waals surface area contributed by atoms with E-state index in [1.807, 2.05) is 0 Å². The molecule has 0 aromatic heterocycles. The molecule has 1 heterocycles. The van der Waals surface area contributed by atoms with Crippen LogP contribution in [0.25, 0.3) is 0 Å². The van der Waals surface area contributed by atoms with Gasteiger partial charge in [0.2, 0.25) is 5.91 Å². The maximum absolute atomic E-state index is 14.6. The van der Waals surface area contributed by atoms with Gasteiger partial charge in [-0.05, 0) is 61.9 Å². The monoisotopic (exact) mass is 467 g/mol. The Morgan fingerprint density at radius 3 is 2.55 bits per heavy atom. The van der Waals surface area contributed by atoms with Crippen LogP contribution in [0.3, 0.4) is 0 Å². The summed E-state index contributed by atoms with van der Waals surface area (Å²) in [5, 5.41) is 2.99. The van der Waals surface area contributed by atoms with Gasteiger partial charge in [-0.15, -0.1) is 0 Å². The van der Waals surface area contributed by atoms with Gasteiger partial charge in [0.25, 0.3) is 5.91 Å². The number of nitrogens with one attached hydrogen (secondary N) is 1. The number of benzodiazepines with no additional fused rings is 1. The van der Waals surface area contributed by atoms with Gasteiger partial charge in [-0.3, -0.25) is 14.6 Å². The largest absolute Gasteiger partial charge is 0.324 e.